The standard InChI is InChI=1S/C13H25NSi/c1-9-10(2)12(4)13(11(9)3)15(7,8)14(5)6/h11H,1-8H3. The van der Waals surface area contributed by atoms with Crippen LogP contribution in [0.1, 0.15) is 27.7 Å². The van der Waals surface area contributed by atoms with Crippen LogP contribution in [0.15, 0.2) is 21.9 Å². The van der Waals surface area contributed by atoms with Crippen molar-refractivity contribution < 1.29 is 0 Å². The molecular formula is C13H25NSi. The highest BCUT2D eigenvalue weighted by molar-refractivity contribution is 6.82. The Balaban J connectivity index is 3.21. The van der Waals surface area contributed by atoms with Gasteiger partial charge in [0, 0.05) is 0 Å². The first-order chi connectivity index (χ1) is 6.71. The Morgan fingerprint density at radius 1 is 1.00 bits per heavy atom. The molecule has 0 fully saturated rings. The minimum Gasteiger partial charge on any atom is -0.326 e. The molecule has 2 heteroatoms. The van der Waals surface area contributed by atoms with Crippen molar-refractivity contribution in [1.29, 1.82) is 0 Å². The van der Waals surface area contributed by atoms with E-state index in [2.05, 4.69) is 59.4 Å². The molecule has 0 bridgehead atoms. The average molecular weight is 223 g/mol. The van der Waals surface area contributed by atoms with E-state index in [1.165, 1.54) is 5.57 Å². The van der Waals surface area contributed by atoms with Crippen LogP contribution >= 0.6 is 0 Å². The van der Waals surface area contributed by atoms with Gasteiger partial charge in [0.25, 0.3) is 0 Å². The highest BCUT2D eigenvalue weighted by Gasteiger charge is 2.37. The molecule has 0 aliphatic heterocycles. The lowest BCUT2D eigenvalue weighted by atomic mass is 10.1. The zero-order valence-corrected chi connectivity index (χ0v) is 12.5. The van der Waals surface area contributed by atoms with Crippen molar-refractivity contribution in [2.75, 3.05) is 14.1 Å². The van der Waals surface area contributed by atoms with E-state index in [-0.39, 0.29) is 0 Å². The molecule has 0 saturated carbocycles. The highest BCUT2D eigenvalue weighted by Crippen LogP contribution is 2.41. The van der Waals surface area contributed by atoms with Crippen LogP contribution in [-0.4, -0.2) is 26.9 Å². The molecule has 0 spiro atoms. The monoisotopic (exact) mass is 223 g/mol. The van der Waals surface area contributed by atoms with Gasteiger partial charge in [0.2, 0.25) is 0 Å². The minimum atomic E-state index is -1.39. The van der Waals surface area contributed by atoms with Gasteiger partial charge in [-0.2, -0.15) is 0 Å². The number of nitrogens with zero attached hydrogens (tertiary/aromatic N) is 1. The van der Waals surface area contributed by atoms with Crippen molar-refractivity contribution in [3.8, 4) is 0 Å². The minimum absolute atomic E-state index is 0.661. The van der Waals surface area contributed by atoms with Gasteiger partial charge in [0.15, 0.2) is 8.24 Å². The van der Waals surface area contributed by atoms with Crippen LogP contribution in [0, 0.1) is 5.92 Å². The van der Waals surface area contributed by atoms with E-state index in [9.17, 15) is 0 Å². The van der Waals surface area contributed by atoms with Crippen molar-refractivity contribution in [3.63, 3.8) is 0 Å². The maximum absolute atomic E-state index is 2.45. The van der Waals surface area contributed by atoms with Gasteiger partial charge in [0.1, 0.15) is 0 Å². The topological polar surface area (TPSA) is 3.24 Å². The molecule has 0 aromatic heterocycles. The van der Waals surface area contributed by atoms with Crippen molar-refractivity contribution in [2.45, 2.75) is 40.8 Å². The van der Waals surface area contributed by atoms with Gasteiger partial charge >= 0.3 is 0 Å². The summed E-state index contributed by atoms with van der Waals surface area (Å²) in [5, 5.41) is 1.72. The Hall–Kier alpha value is -0.343. The predicted molar refractivity (Wildman–Crippen MR) is 71.4 cm³/mol. The molecule has 0 amide bonds. The van der Waals surface area contributed by atoms with E-state index in [1.807, 2.05) is 0 Å². The Kier molecular flexibility index (Phi) is 3.32. The fraction of sp³-hybridized carbons (Fsp3) is 0.692. The zero-order chi connectivity index (χ0) is 12.0. The maximum atomic E-state index is 2.45. The van der Waals surface area contributed by atoms with Crippen LogP contribution in [0.25, 0.3) is 0 Å². The Bertz CT molecular complexity index is 334. The second-order valence-electron chi connectivity index (χ2n) is 5.52. The lowest BCUT2D eigenvalue weighted by Gasteiger charge is -2.35. The van der Waals surface area contributed by atoms with Crippen molar-refractivity contribution in [3.05, 3.63) is 21.9 Å². The Morgan fingerprint density at radius 3 is 1.73 bits per heavy atom. The van der Waals surface area contributed by atoms with Crippen molar-refractivity contribution in [1.82, 2.24) is 4.57 Å². The average Bonchev–Trinajstić information content (AvgIpc) is 2.31. The first-order valence-electron chi connectivity index (χ1n) is 5.77. The van der Waals surface area contributed by atoms with Crippen LogP contribution in [0.3, 0.4) is 0 Å². The third-order valence-corrected chi connectivity index (χ3v) is 8.78. The molecule has 0 radical (unpaired) electrons. The molecule has 1 aliphatic carbocycles. The molecule has 1 rings (SSSR count). The molecule has 1 unspecified atom stereocenters. The van der Waals surface area contributed by atoms with Crippen molar-refractivity contribution >= 4 is 8.24 Å². The SMILES string of the molecule is CC1=C(C)C(C)C([Si](C)(C)N(C)C)=C1C. The van der Waals surface area contributed by atoms with Gasteiger partial charge in [-0.25, -0.2) is 0 Å². The van der Waals surface area contributed by atoms with Gasteiger partial charge in [-0.3, -0.25) is 0 Å². The van der Waals surface area contributed by atoms with Crippen LogP contribution in [0.2, 0.25) is 13.1 Å². The van der Waals surface area contributed by atoms with Gasteiger partial charge < -0.3 is 4.57 Å². The van der Waals surface area contributed by atoms with Crippen LogP contribution in [0.5, 0.6) is 0 Å². The highest BCUT2D eigenvalue weighted by atomic mass is 28.3. The second kappa shape index (κ2) is 3.91. The molecule has 15 heavy (non-hydrogen) atoms. The maximum Gasteiger partial charge on any atom is 0.150 e. The fourth-order valence-electron chi connectivity index (χ4n) is 2.59. The predicted octanol–water partition coefficient (Wildman–Crippen LogP) is 3.59. The Morgan fingerprint density at radius 2 is 1.47 bits per heavy atom. The molecule has 0 saturated heterocycles. The summed E-state index contributed by atoms with van der Waals surface area (Å²) in [7, 11) is 3.06. The summed E-state index contributed by atoms with van der Waals surface area (Å²) in [6.45, 7) is 14.1. The summed E-state index contributed by atoms with van der Waals surface area (Å²) in [5.41, 5.74) is 4.66. The van der Waals surface area contributed by atoms with E-state index in [4.69, 9.17) is 0 Å². The summed E-state index contributed by atoms with van der Waals surface area (Å²) in [6.07, 6.45) is 0. The molecule has 0 aromatic rings. The lowest BCUT2D eigenvalue weighted by Crippen LogP contribution is -2.47. The first kappa shape index (κ1) is 12.7. The third-order valence-electron chi connectivity index (χ3n) is 4.42. The summed E-state index contributed by atoms with van der Waals surface area (Å²) in [5.74, 6) is 0.661. The van der Waals surface area contributed by atoms with E-state index in [1.54, 1.807) is 16.3 Å². The molecule has 1 aliphatic rings. The third kappa shape index (κ3) is 1.85. The lowest BCUT2D eigenvalue weighted by molar-refractivity contribution is 0.619. The number of hydrogen-bond acceptors (Lipinski definition) is 1. The summed E-state index contributed by atoms with van der Waals surface area (Å²) < 4.78 is 2.45. The molecule has 0 heterocycles. The zero-order valence-electron chi connectivity index (χ0n) is 11.5. The largest absolute Gasteiger partial charge is 0.326 e. The van der Waals surface area contributed by atoms with Gasteiger partial charge in [-0.05, 0) is 46.4 Å². The second-order valence-corrected chi connectivity index (χ2v) is 10.1. The van der Waals surface area contributed by atoms with E-state index >= 15 is 0 Å². The summed E-state index contributed by atoms with van der Waals surface area (Å²) in [6, 6.07) is 0. The van der Waals surface area contributed by atoms with Crippen LogP contribution in [0.4, 0.5) is 0 Å². The van der Waals surface area contributed by atoms with Gasteiger partial charge in [0.05, 0.1) is 0 Å². The molecule has 1 nitrogen and oxygen atoms in total. The van der Waals surface area contributed by atoms with E-state index < -0.39 is 8.24 Å². The van der Waals surface area contributed by atoms with Crippen LogP contribution in [-0.2, 0) is 0 Å². The molecular weight excluding hydrogens is 198 g/mol. The van der Waals surface area contributed by atoms with Gasteiger partial charge in [-0.15, -0.1) is 0 Å². The first-order valence-corrected chi connectivity index (χ1v) is 8.72. The molecule has 86 valence electrons. The Labute approximate surface area is 96.0 Å². The quantitative estimate of drug-likeness (QED) is 0.647. The molecule has 1 atom stereocenters. The van der Waals surface area contributed by atoms with Gasteiger partial charge in [-0.1, -0.05) is 36.4 Å². The van der Waals surface area contributed by atoms with E-state index in [0.29, 0.717) is 5.92 Å². The smallest absolute Gasteiger partial charge is 0.150 e. The summed E-state index contributed by atoms with van der Waals surface area (Å²) in [4.78, 5) is 0. The van der Waals surface area contributed by atoms with Crippen LogP contribution < -0.4 is 0 Å². The fourth-order valence-corrected chi connectivity index (χ4v) is 5.46. The summed E-state index contributed by atoms with van der Waals surface area (Å²) >= 11 is 0. The number of allylic oxidation sites excluding steroid dienone is 4. The molecule has 0 aromatic carbocycles. The van der Waals surface area contributed by atoms with Crippen molar-refractivity contribution in [2.24, 2.45) is 5.92 Å². The number of rotatable bonds is 2. The normalized spacial score (nSPS) is 23.4. The number of hydrogen-bond donors (Lipinski definition) is 0. The molecule has 0 N–H and O–H groups in total. The van der Waals surface area contributed by atoms with E-state index in [0.717, 1.165) is 0 Å².